The third-order valence-electron chi connectivity index (χ3n) is 2.69. The number of nitrogens with one attached hydrogen (secondary N) is 1. The van der Waals surface area contributed by atoms with Crippen LogP contribution >= 0.6 is 0 Å². The molecule has 0 aliphatic heterocycles. The maximum absolute atomic E-state index is 10.7. The highest BCUT2D eigenvalue weighted by Crippen LogP contribution is 2.12. The first-order chi connectivity index (χ1) is 8.17. The van der Waals surface area contributed by atoms with Crippen molar-refractivity contribution in [1.82, 2.24) is 4.98 Å². The second-order valence-electron chi connectivity index (χ2n) is 3.90. The smallest absolute Gasteiger partial charge is 0.354 e. The topological polar surface area (TPSA) is 82.5 Å². The maximum atomic E-state index is 10.7. The Morgan fingerprint density at radius 3 is 2.94 bits per heavy atom. The molecule has 5 heteroatoms. The fraction of sp³-hybridized carbons (Fsp3) is 0.500. The SMILES string of the molecule is CCC(CCO)CNc1ccnc(C(=O)O)c1. The van der Waals surface area contributed by atoms with E-state index >= 15 is 0 Å². The molecule has 0 aliphatic rings. The second-order valence-corrected chi connectivity index (χ2v) is 3.90. The Bertz CT molecular complexity index is 369. The van der Waals surface area contributed by atoms with Crippen molar-refractivity contribution in [3.63, 3.8) is 0 Å². The molecule has 0 bridgehead atoms. The molecule has 3 N–H and O–H groups in total. The van der Waals surface area contributed by atoms with Crippen molar-refractivity contribution in [3.8, 4) is 0 Å². The van der Waals surface area contributed by atoms with Gasteiger partial charge in [0.25, 0.3) is 0 Å². The van der Waals surface area contributed by atoms with Crippen molar-refractivity contribution in [3.05, 3.63) is 24.0 Å². The normalized spacial score (nSPS) is 12.1. The highest BCUT2D eigenvalue weighted by Gasteiger charge is 2.07. The Kier molecular flexibility index (Phi) is 5.42. The highest BCUT2D eigenvalue weighted by atomic mass is 16.4. The number of nitrogens with zero attached hydrogens (tertiary/aromatic N) is 1. The van der Waals surface area contributed by atoms with Crippen LogP contribution in [0.15, 0.2) is 18.3 Å². The van der Waals surface area contributed by atoms with Gasteiger partial charge in [0.15, 0.2) is 0 Å². The lowest BCUT2D eigenvalue weighted by molar-refractivity contribution is 0.0690. The first-order valence-electron chi connectivity index (χ1n) is 5.71. The summed E-state index contributed by atoms with van der Waals surface area (Å²) in [4.78, 5) is 14.5. The molecule has 0 aliphatic carbocycles. The van der Waals surface area contributed by atoms with Crippen LogP contribution in [0, 0.1) is 5.92 Å². The number of aromatic nitrogens is 1. The van der Waals surface area contributed by atoms with Gasteiger partial charge >= 0.3 is 5.97 Å². The van der Waals surface area contributed by atoms with Crippen LogP contribution in [-0.2, 0) is 0 Å². The number of carboxylic acids is 1. The molecule has 0 spiro atoms. The summed E-state index contributed by atoms with van der Waals surface area (Å²) in [5.74, 6) is -0.641. The minimum atomic E-state index is -1.03. The number of anilines is 1. The van der Waals surface area contributed by atoms with Gasteiger partial charge in [0.05, 0.1) is 0 Å². The number of hydrogen-bond donors (Lipinski definition) is 3. The van der Waals surface area contributed by atoms with Crippen LogP contribution < -0.4 is 5.32 Å². The molecule has 1 atom stereocenters. The van der Waals surface area contributed by atoms with E-state index < -0.39 is 5.97 Å². The molecule has 1 aromatic heterocycles. The van der Waals surface area contributed by atoms with E-state index in [0.717, 1.165) is 25.1 Å². The van der Waals surface area contributed by atoms with Crippen molar-refractivity contribution in [2.75, 3.05) is 18.5 Å². The monoisotopic (exact) mass is 238 g/mol. The number of hydrogen-bond acceptors (Lipinski definition) is 4. The first kappa shape index (κ1) is 13.4. The van der Waals surface area contributed by atoms with E-state index in [2.05, 4.69) is 17.2 Å². The summed E-state index contributed by atoms with van der Waals surface area (Å²) in [6.45, 7) is 2.97. The van der Waals surface area contributed by atoms with Crippen molar-refractivity contribution >= 4 is 11.7 Å². The third kappa shape index (κ3) is 4.40. The highest BCUT2D eigenvalue weighted by molar-refractivity contribution is 5.86. The summed E-state index contributed by atoms with van der Waals surface area (Å²) < 4.78 is 0. The lowest BCUT2D eigenvalue weighted by Gasteiger charge is -2.15. The van der Waals surface area contributed by atoms with Gasteiger partial charge in [-0.25, -0.2) is 9.78 Å². The van der Waals surface area contributed by atoms with Gasteiger partial charge in [0, 0.05) is 25.0 Å². The third-order valence-corrected chi connectivity index (χ3v) is 2.69. The van der Waals surface area contributed by atoms with E-state index in [0.29, 0.717) is 5.92 Å². The molecule has 17 heavy (non-hydrogen) atoms. The molecule has 1 heterocycles. The number of aliphatic hydroxyl groups is 1. The Hall–Kier alpha value is -1.62. The van der Waals surface area contributed by atoms with Gasteiger partial charge < -0.3 is 15.5 Å². The van der Waals surface area contributed by atoms with E-state index in [1.165, 1.54) is 12.3 Å². The predicted molar refractivity (Wildman–Crippen MR) is 65.2 cm³/mol. The van der Waals surface area contributed by atoms with E-state index in [1.807, 2.05) is 0 Å². The lowest BCUT2D eigenvalue weighted by atomic mass is 10.0. The Balaban J connectivity index is 2.56. The zero-order chi connectivity index (χ0) is 12.7. The van der Waals surface area contributed by atoms with Gasteiger partial charge in [-0.1, -0.05) is 13.3 Å². The maximum Gasteiger partial charge on any atom is 0.354 e. The average molecular weight is 238 g/mol. The molecule has 1 unspecified atom stereocenters. The van der Waals surface area contributed by atoms with E-state index in [-0.39, 0.29) is 12.3 Å². The first-order valence-corrected chi connectivity index (χ1v) is 5.71. The van der Waals surface area contributed by atoms with Crippen LogP contribution in [0.4, 0.5) is 5.69 Å². The molecule has 0 amide bonds. The standard InChI is InChI=1S/C12H18N2O3/c1-2-9(4-6-15)8-14-10-3-5-13-11(7-10)12(16)17/h3,5,7,9,15H,2,4,6,8H2,1H3,(H,13,14)(H,16,17). The van der Waals surface area contributed by atoms with Gasteiger partial charge in [0.2, 0.25) is 0 Å². The van der Waals surface area contributed by atoms with Crippen molar-refractivity contribution < 1.29 is 15.0 Å². The minimum Gasteiger partial charge on any atom is -0.477 e. The zero-order valence-corrected chi connectivity index (χ0v) is 9.89. The van der Waals surface area contributed by atoms with Crippen LogP contribution in [0.3, 0.4) is 0 Å². The predicted octanol–water partition coefficient (Wildman–Crippen LogP) is 1.60. The van der Waals surface area contributed by atoms with Crippen LogP contribution in [0.5, 0.6) is 0 Å². The molecule has 0 radical (unpaired) electrons. The van der Waals surface area contributed by atoms with Gasteiger partial charge in [-0.3, -0.25) is 0 Å². The molecular formula is C12H18N2O3. The number of carboxylic acid groups (broad SMARTS) is 1. The lowest BCUT2D eigenvalue weighted by Crippen LogP contribution is -2.15. The average Bonchev–Trinajstić information content (AvgIpc) is 2.34. The Morgan fingerprint density at radius 1 is 1.59 bits per heavy atom. The summed E-state index contributed by atoms with van der Waals surface area (Å²) in [6.07, 6.45) is 3.20. The van der Waals surface area contributed by atoms with E-state index in [1.54, 1.807) is 6.07 Å². The molecule has 0 fully saturated rings. The van der Waals surface area contributed by atoms with Crippen LogP contribution in [0.25, 0.3) is 0 Å². The molecule has 0 saturated carbocycles. The Morgan fingerprint density at radius 2 is 2.35 bits per heavy atom. The van der Waals surface area contributed by atoms with E-state index in [4.69, 9.17) is 10.2 Å². The largest absolute Gasteiger partial charge is 0.477 e. The summed E-state index contributed by atoms with van der Waals surface area (Å²) in [5.41, 5.74) is 0.777. The summed E-state index contributed by atoms with van der Waals surface area (Å²) >= 11 is 0. The number of aliphatic hydroxyl groups excluding tert-OH is 1. The van der Waals surface area contributed by atoms with Gasteiger partial charge in [-0.15, -0.1) is 0 Å². The van der Waals surface area contributed by atoms with Crippen molar-refractivity contribution in [2.45, 2.75) is 19.8 Å². The number of pyridine rings is 1. The number of aromatic carboxylic acids is 1. The molecule has 0 aromatic carbocycles. The molecule has 1 rings (SSSR count). The minimum absolute atomic E-state index is 0.0326. The molecular weight excluding hydrogens is 220 g/mol. The fourth-order valence-corrected chi connectivity index (χ4v) is 1.55. The van der Waals surface area contributed by atoms with Crippen LogP contribution in [0.2, 0.25) is 0 Å². The molecule has 1 aromatic rings. The second kappa shape index (κ2) is 6.85. The van der Waals surface area contributed by atoms with Crippen LogP contribution in [0.1, 0.15) is 30.3 Å². The number of rotatable bonds is 7. The van der Waals surface area contributed by atoms with Crippen molar-refractivity contribution in [2.24, 2.45) is 5.92 Å². The Labute approximate surface area is 101 Å². The quantitative estimate of drug-likeness (QED) is 0.672. The summed E-state index contributed by atoms with van der Waals surface area (Å²) in [6, 6.07) is 3.24. The molecule has 5 nitrogen and oxygen atoms in total. The van der Waals surface area contributed by atoms with Gasteiger partial charge in [-0.2, -0.15) is 0 Å². The van der Waals surface area contributed by atoms with Crippen molar-refractivity contribution in [1.29, 1.82) is 0 Å². The van der Waals surface area contributed by atoms with E-state index in [9.17, 15) is 4.79 Å². The van der Waals surface area contributed by atoms with Gasteiger partial charge in [-0.05, 0) is 24.5 Å². The van der Waals surface area contributed by atoms with Gasteiger partial charge in [0.1, 0.15) is 5.69 Å². The molecule has 0 saturated heterocycles. The number of carbonyl (C=O) groups is 1. The van der Waals surface area contributed by atoms with Crippen LogP contribution in [-0.4, -0.2) is 34.3 Å². The summed E-state index contributed by atoms with van der Waals surface area (Å²) in [5, 5.41) is 20.8. The fourth-order valence-electron chi connectivity index (χ4n) is 1.55. The molecule has 94 valence electrons. The zero-order valence-electron chi connectivity index (χ0n) is 9.89. The summed E-state index contributed by atoms with van der Waals surface area (Å²) in [7, 11) is 0.